The Labute approximate surface area is 120 Å². The number of ketones is 1. The predicted octanol–water partition coefficient (Wildman–Crippen LogP) is 4.26. The first kappa shape index (κ1) is 14.3. The number of carbonyl (C=O) groups excluding carboxylic acids is 1. The number of carbonyl (C=O) groups is 1. The minimum Gasteiger partial charge on any atom is -0.493 e. The molecule has 0 heterocycles. The van der Waals surface area contributed by atoms with Crippen molar-refractivity contribution in [3.8, 4) is 5.75 Å². The van der Waals surface area contributed by atoms with Crippen molar-refractivity contribution in [2.45, 2.75) is 27.2 Å². The Morgan fingerprint density at radius 3 is 2.55 bits per heavy atom. The minimum absolute atomic E-state index is 0.138. The lowest BCUT2D eigenvalue weighted by molar-refractivity contribution is 0.0961. The van der Waals surface area contributed by atoms with E-state index in [-0.39, 0.29) is 5.78 Å². The highest BCUT2D eigenvalue weighted by molar-refractivity contribution is 5.97. The fourth-order valence-corrected chi connectivity index (χ4v) is 2.15. The van der Waals surface area contributed by atoms with Gasteiger partial charge in [-0.3, -0.25) is 4.79 Å². The van der Waals surface area contributed by atoms with Gasteiger partial charge in [-0.2, -0.15) is 0 Å². The Balaban J connectivity index is 1.94. The van der Waals surface area contributed by atoms with Crippen LogP contribution in [0.25, 0.3) is 0 Å². The van der Waals surface area contributed by atoms with Crippen molar-refractivity contribution in [3.05, 3.63) is 64.7 Å². The van der Waals surface area contributed by atoms with Gasteiger partial charge in [-0.25, -0.2) is 0 Å². The lowest BCUT2D eigenvalue weighted by Crippen LogP contribution is -2.08. The van der Waals surface area contributed by atoms with Gasteiger partial charge in [-0.15, -0.1) is 0 Å². The molecule has 0 spiro atoms. The molecule has 20 heavy (non-hydrogen) atoms. The number of ether oxygens (including phenoxy) is 1. The topological polar surface area (TPSA) is 26.3 Å². The van der Waals surface area contributed by atoms with E-state index in [0.717, 1.165) is 28.0 Å². The van der Waals surface area contributed by atoms with Gasteiger partial charge in [0.2, 0.25) is 0 Å². The molecule has 0 N–H and O–H groups in total. The first-order valence-corrected chi connectivity index (χ1v) is 6.87. The number of rotatable bonds is 5. The first-order chi connectivity index (χ1) is 9.58. The number of Topliss-reactive ketones (excluding diaryl/α,β-unsaturated/α-hetero) is 1. The van der Waals surface area contributed by atoms with E-state index in [0.29, 0.717) is 13.0 Å². The van der Waals surface area contributed by atoms with Crippen LogP contribution in [0.15, 0.2) is 42.5 Å². The van der Waals surface area contributed by atoms with E-state index in [4.69, 9.17) is 4.74 Å². The average molecular weight is 268 g/mol. The molecule has 2 rings (SSSR count). The van der Waals surface area contributed by atoms with Gasteiger partial charge in [0, 0.05) is 12.0 Å². The molecule has 0 radical (unpaired) electrons. The fraction of sp³-hybridized carbons (Fsp3) is 0.278. The Morgan fingerprint density at radius 2 is 1.80 bits per heavy atom. The van der Waals surface area contributed by atoms with Crippen LogP contribution in [0.4, 0.5) is 0 Å². The van der Waals surface area contributed by atoms with Crippen molar-refractivity contribution in [1.82, 2.24) is 0 Å². The Morgan fingerprint density at radius 1 is 1.05 bits per heavy atom. The largest absolute Gasteiger partial charge is 0.493 e. The molecule has 0 aliphatic carbocycles. The summed E-state index contributed by atoms with van der Waals surface area (Å²) < 4.78 is 5.63. The summed E-state index contributed by atoms with van der Waals surface area (Å²) in [6.45, 7) is 6.45. The number of aryl methyl sites for hydroxylation is 2. The second-order valence-electron chi connectivity index (χ2n) is 5.09. The van der Waals surface area contributed by atoms with E-state index < -0.39 is 0 Å². The van der Waals surface area contributed by atoms with Crippen molar-refractivity contribution < 1.29 is 9.53 Å². The number of benzene rings is 2. The van der Waals surface area contributed by atoms with Crippen molar-refractivity contribution >= 4 is 5.78 Å². The molecule has 2 aromatic carbocycles. The third-order valence-electron chi connectivity index (χ3n) is 3.49. The van der Waals surface area contributed by atoms with Gasteiger partial charge in [0.15, 0.2) is 5.78 Å². The van der Waals surface area contributed by atoms with Crippen LogP contribution >= 0.6 is 0 Å². The molecular formula is C18H20O2. The molecule has 0 aliphatic rings. The maximum absolute atomic E-state index is 12.2. The summed E-state index contributed by atoms with van der Waals surface area (Å²) >= 11 is 0. The van der Waals surface area contributed by atoms with Crippen LogP contribution in [0.2, 0.25) is 0 Å². The highest BCUT2D eigenvalue weighted by atomic mass is 16.5. The highest BCUT2D eigenvalue weighted by Crippen LogP contribution is 2.16. The third kappa shape index (κ3) is 3.47. The van der Waals surface area contributed by atoms with Gasteiger partial charge in [0.1, 0.15) is 5.75 Å². The van der Waals surface area contributed by atoms with E-state index in [1.54, 1.807) is 0 Å². The zero-order valence-electron chi connectivity index (χ0n) is 12.3. The molecule has 0 aromatic heterocycles. The van der Waals surface area contributed by atoms with Gasteiger partial charge in [0.05, 0.1) is 6.61 Å². The summed E-state index contributed by atoms with van der Waals surface area (Å²) in [5.74, 6) is 0.956. The van der Waals surface area contributed by atoms with Crippen LogP contribution in [0.3, 0.4) is 0 Å². The van der Waals surface area contributed by atoms with Crippen molar-refractivity contribution in [2.24, 2.45) is 0 Å². The van der Waals surface area contributed by atoms with Gasteiger partial charge in [-0.05, 0) is 49.6 Å². The zero-order chi connectivity index (χ0) is 14.5. The predicted molar refractivity (Wildman–Crippen MR) is 81.5 cm³/mol. The van der Waals surface area contributed by atoms with E-state index in [1.165, 1.54) is 0 Å². The monoisotopic (exact) mass is 268 g/mol. The van der Waals surface area contributed by atoms with Crippen LogP contribution in [-0.2, 0) is 0 Å². The van der Waals surface area contributed by atoms with Crippen molar-refractivity contribution in [3.63, 3.8) is 0 Å². The fourth-order valence-electron chi connectivity index (χ4n) is 2.15. The second-order valence-corrected chi connectivity index (χ2v) is 5.09. The first-order valence-electron chi connectivity index (χ1n) is 6.87. The average Bonchev–Trinajstić information content (AvgIpc) is 2.42. The molecule has 0 bridgehead atoms. The van der Waals surface area contributed by atoms with Gasteiger partial charge in [-0.1, -0.05) is 30.3 Å². The molecule has 0 saturated heterocycles. The maximum Gasteiger partial charge on any atom is 0.166 e. The molecule has 0 amide bonds. The lowest BCUT2D eigenvalue weighted by atomic mass is 9.99. The molecule has 104 valence electrons. The SMILES string of the molecule is Cc1cccc(OCCC(=O)c2cccc(C)c2C)c1. The molecule has 0 unspecified atom stereocenters. The van der Waals surface area contributed by atoms with Crippen molar-refractivity contribution in [1.29, 1.82) is 0 Å². The molecule has 0 atom stereocenters. The van der Waals surface area contributed by atoms with Crippen molar-refractivity contribution in [2.75, 3.05) is 6.61 Å². The summed E-state index contributed by atoms with van der Waals surface area (Å²) in [6.07, 6.45) is 0.401. The smallest absolute Gasteiger partial charge is 0.166 e. The molecule has 2 aromatic rings. The summed E-state index contributed by atoms with van der Waals surface area (Å²) in [6, 6.07) is 13.7. The standard InChI is InChI=1S/C18H20O2/c1-13-6-4-8-16(12-13)20-11-10-18(19)17-9-5-7-14(2)15(17)3/h4-9,12H,10-11H2,1-3H3. The Hall–Kier alpha value is -2.09. The highest BCUT2D eigenvalue weighted by Gasteiger charge is 2.10. The maximum atomic E-state index is 12.2. The van der Waals surface area contributed by atoms with Gasteiger partial charge in [0.25, 0.3) is 0 Å². The zero-order valence-corrected chi connectivity index (χ0v) is 12.3. The summed E-state index contributed by atoms with van der Waals surface area (Å²) in [4.78, 5) is 12.2. The molecule has 0 saturated carbocycles. The van der Waals surface area contributed by atoms with Crippen LogP contribution in [0.1, 0.15) is 33.5 Å². The number of hydrogen-bond acceptors (Lipinski definition) is 2. The lowest BCUT2D eigenvalue weighted by Gasteiger charge is -2.09. The molecule has 0 fully saturated rings. The molecule has 2 heteroatoms. The van der Waals surface area contributed by atoms with Crippen LogP contribution in [0.5, 0.6) is 5.75 Å². The van der Waals surface area contributed by atoms with E-state index in [2.05, 4.69) is 0 Å². The Bertz CT molecular complexity index is 615. The van der Waals surface area contributed by atoms with E-state index >= 15 is 0 Å². The summed E-state index contributed by atoms with van der Waals surface area (Å²) in [7, 11) is 0. The second kappa shape index (κ2) is 6.38. The van der Waals surface area contributed by atoms with Crippen LogP contribution in [-0.4, -0.2) is 12.4 Å². The summed E-state index contributed by atoms with van der Waals surface area (Å²) in [5.41, 5.74) is 4.17. The van der Waals surface area contributed by atoms with E-state index in [9.17, 15) is 4.79 Å². The van der Waals surface area contributed by atoms with Gasteiger partial charge >= 0.3 is 0 Å². The summed E-state index contributed by atoms with van der Waals surface area (Å²) in [5, 5.41) is 0. The van der Waals surface area contributed by atoms with Crippen LogP contribution in [0, 0.1) is 20.8 Å². The van der Waals surface area contributed by atoms with Crippen LogP contribution < -0.4 is 4.74 Å². The molecule has 2 nitrogen and oxygen atoms in total. The normalized spacial score (nSPS) is 10.3. The quantitative estimate of drug-likeness (QED) is 0.757. The Kier molecular flexibility index (Phi) is 4.57. The third-order valence-corrected chi connectivity index (χ3v) is 3.49. The van der Waals surface area contributed by atoms with Gasteiger partial charge < -0.3 is 4.74 Å². The minimum atomic E-state index is 0.138. The van der Waals surface area contributed by atoms with E-state index in [1.807, 2.05) is 63.2 Å². The number of hydrogen-bond donors (Lipinski definition) is 0. The molecule has 0 aliphatic heterocycles. The molecular weight excluding hydrogens is 248 g/mol.